The van der Waals surface area contributed by atoms with E-state index in [1.54, 1.807) is 14.2 Å². The van der Waals surface area contributed by atoms with E-state index >= 15 is 0 Å². The van der Waals surface area contributed by atoms with Gasteiger partial charge in [-0.3, -0.25) is 0 Å². The molecular formula is C37H44O6. The fraction of sp³-hybridized carbons (Fsp3) is 0.568. The molecule has 6 nitrogen and oxygen atoms in total. The van der Waals surface area contributed by atoms with Crippen molar-refractivity contribution in [2.75, 3.05) is 27.4 Å². The summed E-state index contributed by atoms with van der Waals surface area (Å²) in [5.41, 5.74) is 3.27. The van der Waals surface area contributed by atoms with Gasteiger partial charge in [-0.15, -0.1) is 0 Å². The lowest BCUT2D eigenvalue weighted by Crippen LogP contribution is -2.55. The number of hydrogen-bond donors (Lipinski definition) is 2. The van der Waals surface area contributed by atoms with Crippen LogP contribution in [0.1, 0.15) is 87.2 Å². The molecule has 0 bridgehead atoms. The Bertz CT molecular complexity index is 1430. The van der Waals surface area contributed by atoms with Crippen LogP contribution < -0.4 is 0 Å². The van der Waals surface area contributed by atoms with E-state index in [4.69, 9.17) is 18.9 Å². The Morgan fingerprint density at radius 2 is 1.56 bits per heavy atom. The zero-order valence-electron chi connectivity index (χ0n) is 25.6. The van der Waals surface area contributed by atoms with Crippen LogP contribution >= 0.6 is 0 Å². The lowest BCUT2D eigenvalue weighted by molar-refractivity contribution is -0.246. The normalized spacial score (nSPS) is 36.8. The molecule has 5 aliphatic rings. The molecule has 1 aliphatic heterocycles. The summed E-state index contributed by atoms with van der Waals surface area (Å²) >= 11 is 0. The van der Waals surface area contributed by atoms with Gasteiger partial charge in [-0.1, -0.05) is 66.8 Å². The van der Waals surface area contributed by atoms with E-state index in [1.807, 2.05) is 30.3 Å². The maximum atomic E-state index is 12.4. The summed E-state index contributed by atoms with van der Waals surface area (Å²) < 4.78 is 23.2. The molecule has 0 radical (unpaired) electrons. The first kappa shape index (κ1) is 29.2. The number of ether oxygens (including phenoxy) is 4. The first-order chi connectivity index (χ1) is 20.7. The smallest absolute Gasteiger partial charge is 0.184 e. The average molecular weight is 585 g/mol. The van der Waals surface area contributed by atoms with Crippen LogP contribution in [0, 0.1) is 29.1 Å². The SMILES string of the molecule is COC1(OC)CCC2=C3C(CC[C@@]2(O)C1)C1CC[C@@](O)(C#Cc2ccccc2)[C@@]1(C)C[C@@H]3c1ccc(C2OCCO2)cc1. The molecule has 2 aromatic rings. The van der Waals surface area contributed by atoms with E-state index in [1.165, 1.54) is 16.7 Å². The van der Waals surface area contributed by atoms with Gasteiger partial charge in [0.25, 0.3) is 0 Å². The van der Waals surface area contributed by atoms with Crippen molar-refractivity contribution < 1.29 is 29.2 Å². The van der Waals surface area contributed by atoms with Gasteiger partial charge < -0.3 is 29.2 Å². The first-order valence-corrected chi connectivity index (χ1v) is 15.9. The number of aliphatic hydroxyl groups is 2. The zero-order chi connectivity index (χ0) is 29.9. The molecule has 3 saturated carbocycles. The van der Waals surface area contributed by atoms with Crippen LogP contribution in [0.15, 0.2) is 65.7 Å². The van der Waals surface area contributed by atoms with Crippen molar-refractivity contribution in [2.24, 2.45) is 17.3 Å². The number of methoxy groups -OCH3 is 2. The van der Waals surface area contributed by atoms with E-state index in [0.717, 1.165) is 36.8 Å². The lowest BCUT2D eigenvalue weighted by Gasteiger charge is -2.57. The van der Waals surface area contributed by atoms with Crippen molar-refractivity contribution >= 4 is 0 Å². The highest BCUT2D eigenvalue weighted by Crippen LogP contribution is 2.67. The van der Waals surface area contributed by atoms with Crippen LogP contribution in [-0.4, -0.2) is 54.6 Å². The minimum Gasteiger partial charge on any atom is -0.385 e. The fourth-order valence-electron chi connectivity index (χ4n) is 9.34. The summed E-state index contributed by atoms with van der Waals surface area (Å²) in [6.07, 6.45) is 5.49. The Labute approximate surface area is 255 Å². The Morgan fingerprint density at radius 3 is 2.26 bits per heavy atom. The van der Waals surface area contributed by atoms with Crippen molar-refractivity contribution in [3.05, 3.63) is 82.4 Å². The van der Waals surface area contributed by atoms with Gasteiger partial charge >= 0.3 is 0 Å². The minimum atomic E-state index is -1.09. The topological polar surface area (TPSA) is 77.4 Å². The van der Waals surface area contributed by atoms with Gasteiger partial charge in [0.05, 0.1) is 18.8 Å². The van der Waals surface area contributed by atoms with Gasteiger partial charge in [-0.05, 0) is 73.6 Å². The third kappa shape index (κ3) is 4.72. The standard InChI is InChI=1S/C37H44O6/c1-34-23-29(26-9-11-27(12-10-26)33-42-21-22-43-33)32-28(14-17-35(38)24-37(40-2,41-3)20-16-31(32)35)30(34)15-19-36(34,39)18-13-25-7-5-4-6-8-25/h4-12,28-30,33,38-39H,14-17,19-24H2,1-3H3/t28?,29-,30?,34+,35-,36+/m1/s1. The maximum absolute atomic E-state index is 12.4. The summed E-state index contributed by atoms with van der Waals surface area (Å²) in [5.74, 6) is 6.58. The van der Waals surface area contributed by atoms with Crippen molar-refractivity contribution in [1.82, 2.24) is 0 Å². The lowest BCUT2D eigenvalue weighted by atomic mass is 9.49. The van der Waals surface area contributed by atoms with Crippen molar-refractivity contribution in [2.45, 2.75) is 87.5 Å². The molecule has 2 unspecified atom stereocenters. The summed E-state index contributed by atoms with van der Waals surface area (Å²) in [6.45, 7) is 3.49. The number of benzene rings is 2. The van der Waals surface area contributed by atoms with E-state index in [-0.39, 0.29) is 18.1 Å². The van der Waals surface area contributed by atoms with E-state index in [9.17, 15) is 10.2 Å². The second-order valence-corrected chi connectivity index (χ2v) is 13.6. The van der Waals surface area contributed by atoms with Gasteiger partial charge in [0.1, 0.15) is 5.60 Å². The monoisotopic (exact) mass is 584 g/mol. The summed E-state index contributed by atoms with van der Waals surface area (Å²) in [7, 11) is 3.36. The predicted octanol–water partition coefficient (Wildman–Crippen LogP) is 6.03. The molecular weight excluding hydrogens is 540 g/mol. The van der Waals surface area contributed by atoms with Crippen molar-refractivity contribution in [3.63, 3.8) is 0 Å². The van der Waals surface area contributed by atoms with Crippen LogP contribution in [0.4, 0.5) is 0 Å². The molecule has 1 saturated heterocycles. The molecule has 0 spiro atoms. The molecule has 0 aromatic heterocycles. The Balaban J connectivity index is 1.32. The Morgan fingerprint density at radius 1 is 0.860 bits per heavy atom. The molecule has 4 aliphatic carbocycles. The largest absolute Gasteiger partial charge is 0.385 e. The highest BCUT2D eigenvalue weighted by atomic mass is 16.7. The summed E-state index contributed by atoms with van der Waals surface area (Å²) in [4.78, 5) is 0. The zero-order valence-corrected chi connectivity index (χ0v) is 25.6. The molecule has 6 heteroatoms. The van der Waals surface area contributed by atoms with E-state index in [0.29, 0.717) is 44.8 Å². The van der Waals surface area contributed by atoms with Gasteiger partial charge in [0, 0.05) is 49.5 Å². The van der Waals surface area contributed by atoms with Crippen molar-refractivity contribution in [1.29, 1.82) is 0 Å². The van der Waals surface area contributed by atoms with Crippen LogP contribution in [0.2, 0.25) is 0 Å². The number of hydrogen-bond acceptors (Lipinski definition) is 6. The molecule has 6 atom stereocenters. The third-order valence-electron chi connectivity index (χ3n) is 11.7. The molecule has 0 amide bonds. The Kier molecular flexibility index (Phi) is 7.37. The van der Waals surface area contributed by atoms with E-state index < -0.39 is 22.4 Å². The molecule has 228 valence electrons. The van der Waals surface area contributed by atoms with Crippen LogP contribution in [0.3, 0.4) is 0 Å². The van der Waals surface area contributed by atoms with Crippen LogP contribution in [-0.2, 0) is 18.9 Å². The third-order valence-corrected chi connectivity index (χ3v) is 11.7. The summed E-state index contributed by atoms with van der Waals surface area (Å²) in [6, 6.07) is 18.6. The number of allylic oxidation sites excluding steroid dienone is 1. The second kappa shape index (κ2) is 10.8. The highest BCUT2D eigenvalue weighted by Gasteiger charge is 2.64. The summed E-state index contributed by atoms with van der Waals surface area (Å²) in [5, 5.41) is 24.6. The van der Waals surface area contributed by atoms with Crippen LogP contribution in [0.25, 0.3) is 0 Å². The van der Waals surface area contributed by atoms with Gasteiger partial charge in [0.2, 0.25) is 0 Å². The van der Waals surface area contributed by atoms with Crippen molar-refractivity contribution in [3.8, 4) is 11.8 Å². The second-order valence-electron chi connectivity index (χ2n) is 13.6. The van der Waals surface area contributed by atoms with E-state index in [2.05, 4.69) is 43.0 Å². The average Bonchev–Trinajstić information content (AvgIpc) is 3.66. The molecule has 2 N–H and O–H groups in total. The minimum absolute atomic E-state index is 0.0632. The van der Waals surface area contributed by atoms with Crippen LogP contribution in [0.5, 0.6) is 0 Å². The first-order valence-electron chi connectivity index (χ1n) is 15.9. The maximum Gasteiger partial charge on any atom is 0.184 e. The molecule has 1 heterocycles. The quantitative estimate of drug-likeness (QED) is 0.260. The fourth-order valence-corrected chi connectivity index (χ4v) is 9.34. The van der Waals surface area contributed by atoms with Gasteiger partial charge in [-0.2, -0.15) is 0 Å². The molecule has 43 heavy (non-hydrogen) atoms. The molecule has 7 rings (SSSR count). The highest BCUT2D eigenvalue weighted by molar-refractivity contribution is 5.46. The molecule has 2 aromatic carbocycles. The molecule has 4 fully saturated rings. The Hall–Kier alpha value is -2.50. The van der Waals surface area contributed by atoms with Gasteiger partial charge in [0.15, 0.2) is 12.1 Å². The predicted molar refractivity (Wildman–Crippen MR) is 163 cm³/mol. The number of fused-ring (bicyclic) bond motifs is 4. The number of rotatable bonds is 4. The van der Waals surface area contributed by atoms with Gasteiger partial charge in [-0.25, -0.2) is 0 Å².